The lowest BCUT2D eigenvalue weighted by atomic mass is 10.1. The summed E-state index contributed by atoms with van der Waals surface area (Å²) in [6, 6.07) is 7.42. The molecule has 216 valence electrons. The number of nitrogens with one attached hydrogen (secondary N) is 2. The van der Waals surface area contributed by atoms with Crippen molar-refractivity contribution in [3.8, 4) is 29.0 Å². The normalized spacial score (nSPS) is 13.8. The smallest absolute Gasteiger partial charge is 0.432 e. The van der Waals surface area contributed by atoms with E-state index >= 15 is 0 Å². The van der Waals surface area contributed by atoms with Crippen LogP contribution in [0.2, 0.25) is 0 Å². The number of halogens is 3. The van der Waals surface area contributed by atoms with E-state index in [-0.39, 0.29) is 23.0 Å². The fraction of sp³-hybridized carbons (Fsp3) is 0.357. The summed E-state index contributed by atoms with van der Waals surface area (Å²) in [7, 11) is 1.59. The molecule has 2 N–H and O–H groups in total. The molecule has 0 unspecified atom stereocenters. The number of aromatic amines is 1. The van der Waals surface area contributed by atoms with E-state index in [1.54, 1.807) is 31.0 Å². The van der Waals surface area contributed by atoms with Gasteiger partial charge in [0.2, 0.25) is 5.91 Å². The summed E-state index contributed by atoms with van der Waals surface area (Å²) >= 11 is 0. The summed E-state index contributed by atoms with van der Waals surface area (Å²) < 4.78 is 46.5. The van der Waals surface area contributed by atoms with E-state index in [2.05, 4.69) is 32.0 Å². The maximum absolute atomic E-state index is 13.1. The van der Waals surface area contributed by atoms with Gasteiger partial charge in [-0.05, 0) is 30.7 Å². The van der Waals surface area contributed by atoms with Crippen molar-refractivity contribution in [1.82, 2.24) is 24.3 Å². The van der Waals surface area contributed by atoms with E-state index < -0.39 is 17.8 Å². The third kappa shape index (κ3) is 7.98. The number of ether oxygens (including phenoxy) is 1. The van der Waals surface area contributed by atoms with Gasteiger partial charge < -0.3 is 24.5 Å². The molecule has 3 aromatic rings. The lowest BCUT2D eigenvalue weighted by Gasteiger charge is -2.34. The van der Waals surface area contributed by atoms with Gasteiger partial charge in [0.05, 0.1) is 18.5 Å². The van der Waals surface area contributed by atoms with E-state index in [1.165, 1.54) is 29.0 Å². The third-order valence-corrected chi connectivity index (χ3v) is 6.50. The number of rotatable bonds is 7. The molecule has 13 heteroatoms. The molecular weight excluding hydrogens is 541 g/mol. The number of pyridine rings is 1. The van der Waals surface area contributed by atoms with E-state index in [0.717, 1.165) is 19.6 Å². The van der Waals surface area contributed by atoms with Gasteiger partial charge in [0.25, 0.3) is 5.56 Å². The number of alkyl halides is 3. The molecule has 0 spiro atoms. The Morgan fingerprint density at radius 3 is 2.56 bits per heavy atom. The Bertz CT molecular complexity index is 1530. The van der Waals surface area contributed by atoms with Crippen LogP contribution in [-0.2, 0) is 22.8 Å². The molecule has 0 atom stereocenters. The molecule has 1 aliphatic heterocycles. The van der Waals surface area contributed by atoms with Crippen LogP contribution >= 0.6 is 0 Å². The molecule has 0 saturated carbocycles. The summed E-state index contributed by atoms with van der Waals surface area (Å²) in [5, 5.41) is 2.63. The molecule has 2 aromatic heterocycles. The minimum Gasteiger partial charge on any atom is -0.491 e. The summed E-state index contributed by atoms with van der Waals surface area (Å²) in [5.41, 5.74) is -0.426. The van der Waals surface area contributed by atoms with Crippen molar-refractivity contribution in [2.45, 2.75) is 19.5 Å². The van der Waals surface area contributed by atoms with Crippen LogP contribution in [-0.4, -0.2) is 75.5 Å². The van der Waals surface area contributed by atoms with Crippen molar-refractivity contribution < 1.29 is 27.5 Å². The Hall–Kier alpha value is -4.57. The topological polar surface area (TPSA) is 113 Å². The first kappa shape index (κ1) is 29.4. The van der Waals surface area contributed by atoms with Gasteiger partial charge in [0, 0.05) is 76.0 Å². The van der Waals surface area contributed by atoms with E-state index in [0.29, 0.717) is 49.2 Å². The van der Waals surface area contributed by atoms with Gasteiger partial charge in [0.15, 0.2) is 0 Å². The second-order valence-corrected chi connectivity index (χ2v) is 9.47. The predicted molar refractivity (Wildman–Crippen MR) is 145 cm³/mol. The number of imidazole rings is 1. The zero-order valence-electron chi connectivity index (χ0n) is 22.5. The maximum Gasteiger partial charge on any atom is 0.432 e. The monoisotopic (exact) mass is 570 g/mol. The highest BCUT2D eigenvalue weighted by atomic mass is 19.4. The Labute approximate surface area is 234 Å². The number of carbonyl (C=O) groups excluding carboxylic acids is 2. The number of hydrogen-bond acceptors (Lipinski definition) is 6. The zero-order valence-corrected chi connectivity index (χ0v) is 22.5. The molecule has 4 rings (SSSR count). The molecule has 0 aliphatic carbocycles. The number of benzene rings is 1. The highest BCUT2D eigenvalue weighted by molar-refractivity contribution is 6.05. The summed E-state index contributed by atoms with van der Waals surface area (Å²) in [6.45, 7) is 5.51. The van der Waals surface area contributed by atoms with Crippen LogP contribution in [0.4, 0.5) is 18.9 Å². The van der Waals surface area contributed by atoms with Crippen LogP contribution in [0.5, 0.6) is 5.75 Å². The van der Waals surface area contributed by atoms with E-state index in [1.807, 2.05) is 0 Å². The number of aryl methyl sites for hydroxylation is 1. The predicted octanol–water partition coefficient (Wildman–Crippen LogP) is 2.72. The molecule has 3 heterocycles. The van der Waals surface area contributed by atoms with Gasteiger partial charge in [-0.25, -0.2) is 4.98 Å². The zero-order chi connectivity index (χ0) is 29.6. The molecule has 1 saturated heterocycles. The summed E-state index contributed by atoms with van der Waals surface area (Å²) in [5.74, 6) is 4.68. The number of nitrogens with zero attached hydrogens (tertiary/aromatic N) is 4. The van der Waals surface area contributed by atoms with Gasteiger partial charge in [-0.1, -0.05) is 5.92 Å². The Morgan fingerprint density at radius 1 is 1.15 bits per heavy atom. The lowest BCUT2D eigenvalue weighted by molar-refractivity contribution is -0.140. The first-order valence-electron chi connectivity index (χ1n) is 12.9. The fourth-order valence-corrected chi connectivity index (χ4v) is 4.18. The molecule has 1 aromatic carbocycles. The Kier molecular flexibility index (Phi) is 9.14. The number of amides is 2. The summed E-state index contributed by atoms with van der Waals surface area (Å²) in [4.78, 5) is 46.1. The Morgan fingerprint density at radius 2 is 1.90 bits per heavy atom. The summed E-state index contributed by atoms with van der Waals surface area (Å²) in [6.07, 6.45) is -1.69. The number of aromatic nitrogens is 3. The second-order valence-electron chi connectivity index (χ2n) is 9.47. The Balaban J connectivity index is 1.46. The van der Waals surface area contributed by atoms with E-state index in [4.69, 9.17) is 4.74 Å². The second kappa shape index (κ2) is 12.7. The number of hydrogen-bond donors (Lipinski definition) is 2. The van der Waals surface area contributed by atoms with Crippen LogP contribution in [0.3, 0.4) is 0 Å². The van der Waals surface area contributed by atoms with Crippen molar-refractivity contribution in [2.75, 3.05) is 44.6 Å². The highest BCUT2D eigenvalue weighted by Gasteiger charge is 2.33. The number of H-pyrrole nitrogens is 1. The van der Waals surface area contributed by atoms with Crippen molar-refractivity contribution in [3.05, 3.63) is 64.3 Å². The van der Waals surface area contributed by atoms with Crippen LogP contribution in [0.1, 0.15) is 24.6 Å². The highest BCUT2D eigenvalue weighted by Crippen LogP contribution is 2.33. The van der Waals surface area contributed by atoms with Crippen molar-refractivity contribution in [3.63, 3.8) is 0 Å². The largest absolute Gasteiger partial charge is 0.491 e. The van der Waals surface area contributed by atoms with Gasteiger partial charge in [0.1, 0.15) is 17.3 Å². The van der Waals surface area contributed by atoms with Gasteiger partial charge >= 0.3 is 12.1 Å². The SMILES string of the molecule is CC(=O)N1CCN(CCCOc2ccc(-c3ncc(C(F)(F)F)[nH]3)cc2NC(=O)C#Cc2ccn(C)c(=O)c2)CC1. The van der Waals surface area contributed by atoms with E-state index in [9.17, 15) is 27.6 Å². The third-order valence-electron chi connectivity index (χ3n) is 6.50. The average molecular weight is 571 g/mol. The van der Waals surface area contributed by atoms with Crippen LogP contribution < -0.4 is 15.6 Å². The molecule has 10 nitrogen and oxygen atoms in total. The molecule has 0 radical (unpaired) electrons. The van der Waals surface area contributed by atoms with Crippen molar-refractivity contribution >= 4 is 17.5 Å². The van der Waals surface area contributed by atoms with Gasteiger partial charge in [-0.3, -0.25) is 19.3 Å². The first-order valence-corrected chi connectivity index (χ1v) is 12.9. The fourth-order valence-electron chi connectivity index (χ4n) is 4.18. The maximum atomic E-state index is 13.1. The molecule has 1 fully saturated rings. The van der Waals surface area contributed by atoms with Crippen LogP contribution in [0, 0.1) is 11.8 Å². The number of piperazine rings is 1. The number of anilines is 1. The molecular formula is C28H29F3N6O4. The van der Waals surface area contributed by atoms with Crippen LogP contribution in [0.25, 0.3) is 11.4 Å². The van der Waals surface area contributed by atoms with Gasteiger partial charge in [-0.15, -0.1) is 0 Å². The molecule has 0 bridgehead atoms. The standard InChI is InChI=1S/C28H29F3N6O4/c1-19(38)37-13-11-36(12-14-37)9-3-15-41-23-6-5-21(27-32-18-24(34-27)28(29,30)31)17-22(23)33-25(39)7-4-20-8-10-35(2)26(40)16-20/h5-6,8,10,16-18H,3,9,11-15H2,1-2H3,(H,32,34)(H,33,39). The quantitative estimate of drug-likeness (QED) is 0.334. The lowest BCUT2D eigenvalue weighted by Crippen LogP contribution is -2.48. The minimum atomic E-state index is -4.59. The molecule has 1 aliphatic rings. The minimum absolute atomic E-state index is 0.0321. The first-order chi connectivity index (χ1) is 19.5. The van der Waals surface area contributed by atoms with Crippen molar-refractivity contribution in [2.24, 2.45) is 7.05 Å². The molecule has 41 heavy (non-hydrogen) atoms. The number of carbonyl (C=O) groups is 2. The van der Waals surface area contributed by atoms with Crippen molar-refractivity contribution in [1.29, 1.82) is 0 Å². The van der Waals surface area contributed by atoms with Gasteiger partial charge in [-0.2, -0.15) is 13.2 Å². The van der Waals surface area contributed by atoms with Crippen LogP contribution in [0.15, 0.2) is 47.5 Å². The average Bonchev–Trinajstić information content (AvgIpc) is 3.44. The molecule has 2 amide bonds.